The number of anilines is 2. The highest BCUT2D eigenvalue weighted by Crippen LogP contribution is 2.29. The number of rotatable bonds is 7. The molecular formula is C30H29F2N3O6. The van der Waals surface area contributed by atoms with E-state index >= 15 is 0 Å². The van der Waals surface area contributed by atoms with E-state index in [1.807, 2.05) is 0 Å². The van der Waals surface area contributed by atoms with Crippen molar-refractivity contribution in [1.29, 1.82) is 0 Å². The monoisotopic (exact) mass is 565 g/mol. The number of ether oxygens (including phenoxy) is 1. The molecule has 0 aliphatic heterocycles. The number of carbonyl (C=O) groups excluding carboxylic acids is 3. The second kappa shape index (κ2) is 11.7. The van der Waals surface area contributed by atoms with E-state index in [9.17, 15) is 33.1 Å². The zero-order chi connectivity index (χ0) is 29.9. The van der Waals surface area contributed by atoms with Gasteiger partial charge in [-0.25, -0.2) is 18.4 Å². The number of benzene rings is 3. The molecule has 0 aromatic heterocycles. The van der Waals surface area contributed by atoms with Crippen LogP contribution in [0, 0.1) is 11.6 Å². The van der Waals surface area contributed by atoms with Gasteiger partial charge in [-0.2, -0.15) is 0 Å². The molecule has 0 radical (unpaired) electrons. The number of halogens is 2. The maximum Gasteiger partial charge on any atom is 0.408 e. The predicted octanol–water partition coefficient (Wildman–Crippen LogP) is 4.75. The van der Waals surface area contributed by atoms with Gasteiger partial charge >= 0.3 is 12.1 Å². The summed E-state index contributed by atoms with van der Waals surface area (Å²) in [6.07, 6.45) is 0.0812. The van der Waals surface area contributed by atoms with Gasteiger partial charge in [-0.1, -0.05) is 6.07 Å². The molecule has 3 aromatic rings. The molecule has 2 amide bonds. The van der Waals surface area contributed by atoms with Crippen molar-refractivity contribution >= 4 is 35.1 Å². The molecule has 11 heteroatoms. The van der Waals surface area contributed by atoms with Crippen molar-refractivity contribution in [3.05, 3.63) is 94.0 Å². The fraction of sp³-hybridized carbons (Fsp3) is 0.267. The molecule has 0 heterocycles. The van der Waals surface area contributed by atoms with Gasteiger partial charge in [-0.15, -0.1) is 0 Å². The van der Waals surface area contributed by atoms with Crippen LogP contribution in [0.3, 0.4) is 0 Å². The summed E-state index contributed by atoms with van der Waals surface area (Å²) in [6, 6.07) is 11.4. The van der Waals surface area contributed by atoms with Crippen LogP contribution >= 0.6 is 0 Å². The van der Waals surface area contributed by atoms with Gasteiger partial charge in [0.05, 0.1) is 5.69 Å². The summed E-state index contributed by atoms with van der Waals surface area (Å²) >= 11 is 0. The van der Waals surface area contributed by atoms with Crippen LogP contribution in [0.15, 0.2) is 54.6 Å². The number of carbonyl (C=O) groups is 4. The molecule has 4 rings (SSSR count). The predicted molar refractivity (Wildman–Crippen MR) is 146 cm³/mol. The Morgan fingerprint density at radius 3 is 2.37 bits per heavy atom. The molecular weight excluding hydrogens is 536 g/mol. The first kappa shape index (κ1) is 29.2. The average Bonchev–Trinajstić information content (AvgIpc) is 3.02. The number of hydrogen-bond donors (Lipinski definition) is 4. The molecule has 0 fully saturated rings. The molecule has 1 atom stereocenters. The maximum absolute atomic E-state index is 14.1. The summed E-state index contributed by atoms with van der Waals surface area (Å²) in [5, 5.41) is 17.0. The van der Waals surface area contributed by atoms with E-state index in [4.69, 9.17) is 4.74 Å². The van der Waals surface area contributed by atoms with Crippen LogP contribution in [0.25, 0.3) is 0 Å². The molecule has 3 aromatic carbocycles. The van der Waals surface area contributed by atoms with Crippen molar-refractivity contribution in [3.63, 3.8) is 0 Å². The molecule has 4 N–H and O–H groups in total. The van der Waals surface area contributed by atoms with Crippen molar-refractivity contribution in [2.45, 2.75) is 45.3 Å². The van der Waals surface area contributed by atoms with E-state index in [0.29, 0.717) is 29.7 Å². The smallest absolute Gasteiger partial charge is 0.408 e. The van der Waals surface area contributed by atoms with Crippen LogP contribution < -0.4 is 16.0 Å². The Hall–Kier alpha value is -4.80. The third kappa shape index (κ3) is 7.24. The molecule has 0 spiro atoms. The number of aryl methyl sites for hydroxylation is 2. The number of fused-ring (bicyclic) bond motifs is 2. The lowest BCUT2D eigenvalue weighted by molar-refractivity contribution is -0.139. The lowest BCUT2D eigenvalue weighted by atomic mass is 9.96. The molecule has 41 heavy (non-hydrogen) atoms. The van der Waals surface area contributed by atoms with Crippen LogP contribution in [0.2, 0.25) is 0 Å². The standard InChI is InChI=1S/C30H29F2N3O6/c1-30(2,3)41-29(40)35-25(28(38)39)15-33-27(37)18-7-5-16-4-6-17-12-20(9-10-21(17)26(36)22(16)13-18)34-24-11-8-19(31)14-23(24)32/h5,7-14,25,34H,4,6,15H2,1-3H3,(H,33,37)(H,35,40)(H,38,39)/t25-/m0/s1. The van der Waals surface area contributed by atoms with Crippen molar-refractivity contribution in [2.24, 2.45) is 0 Å². The summed E-state index contributed by atoms with van der Waals surface area (Å²) in [5.41, 5.74) is 2.16. The number of carboxylic acids is 1. The van der Waals surface area contributed by atoms with Gasteiger partial charge in [0, 0.05) is 35.0 Å². The Morgan fingerprint density at radius 1 is 0.951 bits per heavy atom. The zero-order valence-electron chi connectivity index (χ0n) is 22.6. The summed E-state index contributed by atoms with van der Waals surface area (Å²) in [5.74, 6) is -3.71. The Labute approximate surface area is 234 Å². The lowest BCUT2D eigenvalue weighted by Gasteiger charge is -2.22. The van der Waals surface area contributed by atoms with Crippen molar-refractivity contribution in [1.82, 2.24) is 10.6 Å². The quantitative estimate of drug-likeness (QED) is 0.325. The zero-order valence-corrected chi connectivity index (χ0v) is 22.6. The highest BCUT2D eigenvalue weighted by molar-refractivity contribution is 6.12. The number of hydrogen-bond acceptors (Lipinski definition) is 6. The van der Waals surface area contributed by atoms with Gasteiger partial charge in [-0.3, -0.25) is 9.59 Å². The number of ketones is 1. The first-order chi connectivity index (χ1) is 19.3. The van der Waals surface area contributed by atoms with E-state index in [2.05, 4.69) is 16.0 Å². The Balaban J connectivity index is 1.48. The van der Waals surface area contributed by atoms with E-state index in [0.717, 1.165) is 23.3 Å². The highest BCUT2D eigenvalue weighted by Gasteiger charge is 2.26. The normalized spacial score (nSPS) is 13.2. The van der Waals surface area contributed by atoms with Gasteiger partial charge in [0.25, 0.3) is 5.91 Å². The largest absolute Gasteiger partial charge is 0.480 e. The summed E-state index contributed by atoms with van der Waals surface area (Å²) in [7, 11) is 0. The van der Waals surface area contributed by atoms with Crippen LogP contribution in [-0.2, 0) is 22.4 Å². The molecule has 214 valence electrons. The second-order valence-corrected chi connectivity index (χ2v) is 10.6. The fourth-order valence-corrected chi connectivity index (χ4v) is 4.35. The van der Waals surface area contributed by atoms with Crippen molar-refractivity contribution in [2.75, 3.05) is 11.9 Å². The number of amides is 2. The molecule has 0 bridgehead atoms. The van der Waals surface area contributed by atoms with E-state index in [-0.39, 0.29) is 17.0 Å². The molecule has 0 unspecified atom stereocenters. The van der Waals surface area contributed by atoms with Gasteiger partial charge in [0.1, 0.15) is 23.3 Å². The Kier molecular flexibility index (Phi) is 8.36. The first-order valence-electron chi connectivity index (χ1n) is 12.8. The fourth-order valence-electron chi connectivity index (χ4n) is 4.35. The summed E-state index contributed by atoms with van der Waals surface area (Å²) < 4.78 is 32.4. The third-order valence-corrected chi connectivity index (χ3v) is 6.30. The first-order valence-corrected chi connectivity index (χ1v) is 12.8. The van der Waals surface area contributed by atoms with E-state index in [1.165, 1.54) is 12.1 Å². The third-order valence-electron chi connectivity index (χ3n) is 6.30. The van der Waals surface area contributed by atoms with Crippen molar-refractivity contribution in [3.8, 4) is 0 Å². The molecule has 9 nitrogen and oxygen atoms in total. The minimum Gasteiger partial charge on any atom is -0.480 e. The topological polar surface area (TPSA) is 134 Å². The van der Waals surface area contributed by atoms with Gasteiger partial charge in [0.15, 0.2) is 5.78 Å². The van der Waals surface area contributed by atoms with E-state index in [1.54, 1.807) is 51.1 Å². The second-order valence-electron chi connectivity index (χ2n) is 10.6. The summed E-state index contributed by atoms with van der Waals surface area (Å²) in [6.45, 7) is 4.49. The van der Waals surface area contributed by atoms with Gasteiger partial charge in [0.2, 0.25) is 0 Å². The minimum absolute atomic E-state index is 0.0941. The number of alkyl carbamates (subject to hydrolysis) is 1. The molecule has 0 saturated carbocycles. The Morgan fingerprint density at radius 2 is 1.68 bits per heavy atom. The number of aliphatic carboxylic acids is 1. The minimum atomic E-state index is -1.44. The molecule has 0 saturated heterocycles. The molecule has 1 aliphatic rings. The Bertz CT molecular complexity index is 1530. The van der Waals surface area contributed by atoms with E-state index < -0.39 is 47.8 Å². The van der Waals surface area contributed by atoms with Crippen LogP contribution in [0.5, 0.6) is 0 Å². The summed E-state index contributed by atoms with van der Waals surface area (Å²) in [4.78, 5) is 49.9. The number of nitrogens with one attached hydrogen (secondary N) is 3. The van der Waals surface area contributed by atoms with Gasteiger partial charge < -0.3 is 25.8 Å². The average molecular weight is 566 g/mol. The van der Waals surface area contributed by atoms with Gasteiger partial charge in [-0.05, 0) is 87.2 Å². The maximum atomic E-state index is 14.1. The van der Waals surface area contributed by atoms with Crippen LogP contribution in [-0.4, -0.2) is 47.0 Å². The number of carboxylic acid groups (broad SMARTS) is 1. The van der Waals surface area contributed by atoms with Crippen LogP contribution in [0.4, 0.5) is 25.0 Å². The van der Waals surface area contributed by atoms with Crippen molar-refractivity contribution < 1.29 is 37.8 Å². The lowest BCUT2D eigenvalue weighted by Crippen LogP contribution is -2.49. The SMILES string of the molecule is CC(C)(C)OC(=O)N[C@@H](CNC(=O)c1ccc2c(c1)C(=O)c1ccc(Nc3ccc(F)cc3F)cc1CC2)C(=O)O. The highest BCUT2D eigenvalue weighted by atomic mass is 19.1. The molecule has 1 aliphatic carbocycles. The van der Waals surface area contributed by atoms with Crippen LogP contribution in [0.1, 0.15) is 58.2 Å².